The molecule has 1 rings (SSSR count). The number of carbonyl (C=O) groups excluding carboxylic acids is 3. The lowest BCUT2D eigenvalue weighted by molar-refractivity contribution is -0.301. The van der Waals surface area contributed by atoms with Gasteiger partial charge >= 0.3 is 23.9 Å². The molecule has 12 heteroatoms. The lowest BCUT2D eigenvalue weighted by atomic mass is 9.98. The summed E-state index contributed by atoms with van der Waals surface area (Å²) in [5.41, 5.74) is 0. The second-order valence-corrected chi connectivity index (χ2v) is 22.4. The van der Waals surface area contributed by atoms with E-state index in [0.29, 0.717) is 19.3 Å². The van der Waals surface area contributed by atoms with Crippen LogP contribution < -0.4 is 0 Å². The Bertz CT molecular complexity index is 1680. The zero-order valence-corrected chi connectivity index (χ0v) is 51.5. The Hall–Kier alpha value is -3.84. The summed E-state index contributed by atoms with van der Waals surface area (Å²) < 4.78 is 28.5. The van der Waals surface area contributed by atoms with E-state index in [4.69, 9.17) is 23.7 Å². The molecule has 466 valence electrons. The lowest BCUT2D eigenvalue weighted by Crippen LogP contribution is -2.61. The molecule has 1 heterocycles. The van der Waals surface area contributed by atoms with Gasteiger partial charge in [0.1, 0.15) is 18.8 Å². The Labute approximate surface area is 493 Å². The lowest BCUT2D eigenvalue weighted by Gasteiger charge is -2.40. The molecule has 3 N–H and O–H groups in total. The highest BCUT2D eigenvalue weighted by molar-refractivity contribution is 5.74. The first-order valence-electron chi connectivity index (χ1n) is 32.9. The summed E-state index contributed by atoms with van der Waals surface area (Å²) >= 11 is 0. The molecular formula is C69H118O12. The van der Waals surface area contributed by atoms with E-state index in [-0.39, 0.29) is 25.9 Å². The maximum atomic E-state index is 13.2. The molecule has 1 aliphatic rings. The number of carbonyl (C=O) groups is 4. The quantitative estimate of drug-likeness (QED) is 0.0228. The van der Waals surface area contributed by atoms with Crippen LogP contribution >= 0.6 is 0 Å². The van der Waals surface area contributed by atoms with E-state index >= 15 is 0 Å². The van der Waals surface area contributed by atoms with Gasteiger partial charge in [0.2, 0.25) is 0 Å². The third kappa shape index (κ3) is 46.3. The molecule has 0 spiro atoms. The van der Waals surface area contributed by atoms with Crippen molar-refractivity contribution in [3.63, 3.8) is 0 Å². The minimum absolute atomic E-state index is 0.0501. The average molecular weight is 1140 g/mol. The summed E-state index contributed by atoms with van der Waals surface area (Å²) in [6.07, 6.45) is 60.0. The van der Waals surface area contributed by atoms with Gasteiger partial charge in [0.15, 0.2) is 24.6 Å². The molecule has 0 radical (unpaired) electrons. The molecule has 0 bridgehead atoms. The van der Waals surface area contributed by atoms with Crippen molar-refractivity contribution in [1.29, 1.82) is 0 Å². The van der Waals surface area contributed by atoms with E-state index < -0.39 is 67.3 Å². The Morgan fingerprint density at radius 2 is 0.778 bits per heavy atom. The van der Waals surface area contributed by atoms with Gasteiger partial charge in [0, 0.05) is 19.3 Å². The Morgan fingerprint density at radius 1 is 0.420 bits per heavy atom. The SMILES string of the molecule is CC/C=C\C/C=C\C/C=C\C/C=C\CCCCC(=O)OC(COC(=O)CCCCCCCCCCCCCCCCCCC)COC1OC(C(=O)O)C(O)C(O)C1OC(=O)CCCCCCCCCCC/C=C\C/C=C\CCCCC. The van der Waals surface area contributed by atoms with Crippen LogP contribution in [0.3, 0.4) is 0 Å². The van der Waals surface area contributed by atoms with Gasteiger partial charge < -0.3 is 39.0 Å². The smallest absolute Gasteiger partial charge is 0.335 e. The number of rotatable bonds is 56. The predicted octanol–water partition coefficient (Wildman–Crippen LogP) is 17.7. The second kappa shape index (κ2) is 56.6. The number of hydrogen-bond donors (Lipinski definition) is 3. The van der Waals surface area contributed by atoms with E-state index in [9.17, 15) is 34.5 Å². The Balaban J connectivity index is 2.66. The first kappa shape index (κ1) is 75.2. The monoisotopic (exact) mass is 1140 g/mol. The highest BCUT2D eigenvalue weighted by Crippen LogP contribution is 2.27. The minimum Gasteiger partial charge on any atom is -0.479 e. The largest absolute Gasteiger partial charge is 0.479 e. The van der Waals surface area contributed by atoms with E-state index in [1.165, 1.54) is 135 Å². The van der Waals surface area contributed by atoms with E-state index in [2.05, 4.69) is 93.7 Å². The number of esters is 3. The van der Waals surface area contributed by atoms with Gasteiger partial charge in [-0.2, -0.15) is 0 Å². The molecule has 81 heavy (non-hydrogen) atoms. The van der Waals surface area contributed by atoms with Gasteiger partial charge in [-0.15, -0.1) is 0 Å². The first-order chi connectivity index (χ1) is 39.6. The number of ether oxygens (including phenoxy) is 5. The number of allylic oxidation sites excluding steroid dienone is 12. The standard InChI is InChI=1S/C69H118O12/c1-4-7-10-13-16-19-22-25-28-30-31-33-36-39-42-45-48-51-54-57-63(72)80-67-65(74)64(73)66(68(75)76)81-69(67)78-59-60(79-62(71)56-53-50-47-44-41-38-34-27-24-21-18-15-12-9-6-3)58-77-61(70)55-52-49-46-43-40-37-35-32-29-26-23-20-17-14-11-8-5-2/h9,12,16,18-19,21,25,27-28,34,41,44,60,64-67,69,73-74H,4-8,10-11,13-15,17,20,22-24,26,29-33,35-40,42-43,45-59H2,1-3H3,(H,75,76)/b12-9-,19-16-,21-18-,28-25-,34-27-,44-41-. The van der Waals surface area contributed by atoms with Gasteiger partial charge in [-0.05, 0) is 89.9 Å². The van der Waals surface area contributed by atoms with Crippen LogP contribution in [-0.4, -0.2) is 89.2 Å². The number of aliphatic hydroxyl groups excluding tert-OH is 2. The number of hydrogen-bond acceptors (Lipinski definition) is 11. The highest BCUT2D eigenvalue weighted by atomic mass is 16.7. The number of unbranched alkanes of at least 4 members (excludes halogenated alkanes) is 30. The average Bonchev–Trinajstić information content (AvgIpc) is 3.52. The third-order valence-corrected chi connectivity index (χ3v) is 14.8. The van der Waals surface area contributed by atoms with Crippen molar-refractivity contribution in [2.45, 2.75) is 327 Å². The fourth-order valence-electron chi connectivity index (χ4n) is 9.74. The van der Waals surface area contributed by atoms with E-state index in [1.54, 1.807) is 0 Å². The third-order valence-electron chi connectivity index (χ3n) is 14.8. The summed E-state index contributed by atoms with van der Waals surface area (Å²) in [4.78, 5) is 51.3. The summed E-state index contributed by atoms with van der Waals surface area (Å²) in [6, 6.07) is 0. The van der Waals surface area contributed by atoms with Crippen molar-refractivity contribution in [3.8, 4) is 0 Å². The van der Waals surface area contributed by atoms with Crippen LogP contribution in [0.25, 0.3) is 0 Å². The van der Waals surface area contributed by atoms with Crippen molar-refractivity contribution in [2.75, 3.05) is 13.2 Å². The summed E-state index contributed by atoms with van der Waals surface area (Å²) in [6.45, 7) is 5.86. The molecule has 1 aliphatic heterocycles. The molecule has 1 fully saturated rings. The molecule has 1 saturated heterocycles. The number of aliphatic hydroxyl groups is 2. The van der Waals surface area contributed by atoms with Gasteiger partial charge in [-0.3, -0.25) is 14.4 Å². The van der Waals surface area contributed by atoms with Crippen LogP contribution in [0, 0.1) is 0 Å². The molecular weight excluding hydrogens is 1020 g/mol. The van der Waals surface area contributed by atoms with Crippen molar-refractivity contribution >= 4 is 23.9 Å². The predicted molar refractivity (Wildman–Crippen MR) is 331 cm³/mol. The van der Waals surface area contributed by atoms with Crippen LogP contribution in [0.2, 0.25) is 0 Å². The number of carboxylic acids is 1. The van der Waals surface area contributed by atoms with Gasteiger partial charge in [-0.1, -0.05) is 254 Å². The highest BCUT2D eigenvalue weighted by Gasteiger charge is 2.50. The molecule has 6 unspecified atom stereocenters. The van der Waals surface area contributed by atoms with Crippen LogP contribution in [0.5, 0.6) is 0 Å². The fraction of sp³-hybridized carbons (Fsp3) is 0.768. The van der Waals surface area contributed by atoms with Crippen molar-refractivity contribution in [1.82, 2.24) is 0 Å². The van der Waals surface area contributed by atoms with E-state index in [0.717, 1.165) is 96.3 Å². The molecule has 0 saturated carbocycles. The first-order valence-corrected chi connectivity index (χ1v) is 32.9. The van der Waals surface area contributed by atoms with Crippen LogP contribution in [0.1, 0.15) is 290 Å². The van der Waals surface area contributed by atoms with Gasteiger partial charge in [-0.25, -0.2) is 4.79 Å². The van der Waals surface area contributed by atoms with E-state index in [1.807, 2.05) is 0 Å². The zero-order valence-electron chi connectivity index (χ0n) is 51.5. The molecule has 0 aliphatic carbocycles. The molecule has 6 atom stereocenters. The molecule has 0 aromatic carbocycles. The zero-order chi connectivity index (χ0) is 58.9. The maximum Gasteiger partial charge on any atom is 0.335 e. The molecule has 0 aromatic rings. The number of aliphatic carboxylic acids is 1. The number of carboxylic acid groups (broad SMARTS) is 1. The maximum absolute atomic E-state index is 13.2. The Morgan fingerprint density at radius 3 is 1.23 bits per heavy atom. The van der Waals surface area contributed by atoms with Gasteiger partial charge in [0.25, 0.3) is 0 Å². The van der Waals surface area contributed by atoms with Crippen LogP contribution in [-0.2, 0) is 42.9 Å². The summed E-state index contributed by atoms with van der Waals surface area (Å²) in [5, 5.41) is 31.6. The minimum atomic E-state index is -1.91. The second-order valence-electron chi connectivity index (χ2n) is 22.4. The summed E-state index contributed by atoms with van der Waals surface area (Å²) in [5.74, 6) is -3.16. The molecule has 0 amide bonds. The van der Waals surface area contributed by atoms with Gasteiger partial charge in [0.05, 0.1) is 6.61 Å². The Kier molecular flexibility index (Phi) is 52.6. The van der Waals surface area contributed by atoms with Crippen molar-refractivity contribution in [3.05, 3.63) is 72.9 Å². The normalized spacial score (nSPS) is 18.2. The van der Waals surface area contributed by atoms with Crippen LogP contribution in [0.4, 0.5) is 0 Å². The van der Waals surface area contributed by atoms with Crippen molar-refractivity contribution < 1.29 is 58.2 Å². The molecule has 0 aromatic heterocycles. The fourth-order valence-corrected chi connectivity index (χ4v) is 9.74. The topological polar surface area (TPSA) is 175 Å². The van der Waals surface area contributed by atoms with Crippen LogP contribution in [0.15, 0.2) is 72.9 Å². The molecule has 12 nitrogen and oxygen atoms in total. The summed E-state index contributed by atoms with van der Waals surface area (Å²) in [7, 11) is 0. The van der Waals surface area contributed by atoms with Crippen molar-refractivity contribution in [2.24, 2.45) is 0 Å².